The molecule has 1 aliphatic heterocycles. The molecule has 1 aromatic rings. The molecule has 0 amide bonds. The molecule has 3 nitrogen and oxygen atoms in total. The number of rotatable bonds is 3. The van der Waals surface area contributed by atoms with Crippen molar-refractivity contribution in [2.75, 3.05) is 13.2 Å². The Kier molecular flexibility index (Phi) is 4.24. The molecule has 0 aromatic heterocycles. The molecule has 2 aliphatic rings. The lowest BCUT2D eigenvalue weighted by Crippen LogP contribution is -2.42. The van der Waals surface area contributed by atoms with Gasteiger partial charge in [0.25, 0.3) is 0 Å². The average Bonchev–Trinajstić information content (AvgIpc) is 2.93. The molecule has 2 fully saturated rings. The molecule has 1 saturated carbocycles. The molecule has 5 heteroatoms. The zero-order chi connectivity index (χ0) is 14.9. The summed E-state index contributed by atoms with van der Waals surface area (Å²) in [5.41, 5.74) is 0.766. The molecule has 21 heavy (non-hydrogen) atoms. The molecule has 1 unspecified atom stereocenters. The fraction of sp³-hybridized carbons (Fsp3) is 0.625. The molecule has 1 saturated heterocycles. The number of hydrogen-bond acceptors (Lipinski definition) is 3. The standard InChI is InChI=1S/C16H21F2NO2/c1-11(12-2-3-14(17)15(18)10-12)19-13-4-6-16(7-5-13)20-8-9-21-16/h2-3,10-11,13,19H,4-9H2,1H3. The van der Waals surface area contributed by atoms with Gasteiger partial charge < -0.3 is 14.8 Å². The van der Waals surface area contributed by atoms with E-state index in [0.717, 1.165) is 31.2 Å². The maximum Gasteiger partial charge on any atom is 0.168 e. The summed E-state index contributed by atoms with van der Waals surface area (Å²) in [5, 5.41) is 3.49. The predicted molar refractivity (Wildman–Crippen MR) is 74.8 cm³/mol. The van der Waals surface area contributed by atoms with Crippen LogP contribution in [0.3, 0.4) is 0 Å². The van der Waals surface area contributed by atoms with Gasteiger partial charge in [0.15, 0.2) is 17.4 Å². The van der Waals surface area contributed by atoms with E-state index in [-0.39, 0.29) is 11.8 Å². The largest absolute Gasteiger partial charge is 0.348 e. The van der Waals surface area contributed by atoms with Crippen molar-refractivity contribution in [2.45, 2.75) is 50.5 Å². The summed E-state index contributed by atoms with van der Waals surface area (Å²) in [6.45, 7) is 3.34. The van der Waals surface area contributed by atoms with Gasteiger partial charge in [0.2, 0.25) is 0 Å². The summed E-state index contributed by atoms with van der Waals surface area (Å²) < 4.78 is 37.7. The Hall–Kier alpha value is -1.04. The highest BCUT2D eigenvalue weighted by atomic mass is 19.2. The van der Waals surface area contributed by atoms with E-state index < -0.39 is 11.6 Å². The van der Waals surface area contributed by atoms with Crippen LogP contribution in [0.2, 0.25) is 0 Å². The third-order valence-corrected chi connectivity index (χ3v) is 4.49. The van der Waals surface area contributed by atoms with Crippen LogP contribution in [0.4, 0.5) is 8.78 Å². The van der Waals surface area contributed by atoms with E-state index in [4.69, 9.17) is 9.47 Å². The molecule has 1 N–H and O–H groups in total. The molecule has 1 heterocycles. The second-order valence-corrected chi connectivity index (χ2v) is 5.94. The molecule has 1 aliphatic carbocycles. The smallest absolute Gasteiger partial charge is 0.168 e. The topological polar surface area (TPSA) is 30.5 Å². The van der Waals surface area contributed by atoms with Crippen LogP contribution >= 0.6 is 0 Å². The molecule has 1 atom stereocenters. The van der Waals surface area contributed by atoms with Crippen LogP contribution in [0.25, 0.3) is 0 Å². The van der Waals surface area contributed by atoms with Crippen molar-refractivity contribution in [1.82, 2.24) is 5.32 Å². The third kappa shape index (κ3) is 3.25. The highest BCUT2D eigenvalue weighted by Gasteiger charge is 2.40. The molecular weight excluding hydrogens is 276 g/mol. The van der Waals surface area contributed by atoms with Gasteiger partial charge in [-0.25, -0.2) is 8.78 Å². The Morgan fingerprint density at radius 2 is 1.81 bits per heavy atom. The van der Waals surface area contributed by atoms with Gasteiger partial charge in [-0.2, -0.15) is 0 Å². The Balaban J connectivity index is 1.56. The summed E-state index contributed by atoms with van der Waals surface area (Å²) in [6, 6.07) is 4.42. The van der Waals surface area contributed by atoms with Crippen LogP contribution in [0.5, 0.6) is 0 Å². The van der Waals surface area contributed by atoms with Gasteiger partial charge in [-0.3, -0.25) is 0 Å². The normalized spacial score (nSPS) is 23.6. The SMILES string of the molecule is CC(NC1CCC2(CC1)OCCO2)c1ccc(F)c(F)c1. The van der Waals surface area contributed by atoms with Crippen molar-refractivity contribution in [3.8, 4) is 0 Å². The van der Waals surface area contributed by atoms with Crippen LogP contribution in [0, 0.1) is 11.6 Å². The second kappa shape index (κ2) is 5.99. The van der Waals surface area contributed by atoms with E-state index in [9.17, 15) is 8.78 Å². The average molecular weight is 297 g/mol. The molecule has 0 radical (unpaired) electrons. The van der Waals surface area contributed by atoms with Crippen LogP contribution < -0.4 is 5.32 Å². The summed E-state index contributed by atoms with van der Waals surface area (Å²) >= 11 is 0. The van der Waals surface area contributed by atoms with E-state index in [0.29, 0.717) is 19.3 Å². The first kappa shape index (κ1) is 14.9. The van der Waals surface area contributed by atoms with Gasteiger partial charge in [0.1, 0.15) is 0 Å². The number of benzene rings is 1. The summed E-state index contributed by atoms with van der Waals surface area (Å²) in [6.07, 6.45) is 3.70. The fourth-order valence-electron chi connectivity index (χ4n) is 3.24. The number of hydrogen-bond donors (Lipinski definition) is 1. The molecule has 1 spiro atoms. The summed E-state index contributed by atoms with van der Waals surface area (Å²) in [5.74, 6) is -1.96. The minimum atomic E-state index is -0.805. The molecule has 116 valence electrons. The lowest BCUT2D eigenvalue weighted by atomic mass is 9.89. The highest BCUT2D eigenvalue weighted by Crippen LogP contribution is 2.36. The van der Waals surface area contributed by atoms with Crippen molar-refractivity contribution < 1.29 is 18.3 Å². The molecular formula is C16H21F2NO2. The molecule has 1 aromatic carbocycles. The third-order valence-electron chi connectivity index (χ3n) is 4.49. The van der Waals surface area contributed by atoms with Gasteiger partial charge in [-0.05, 0) is 37.5 Å². The molecule has 3 rings (SSSR count). The Morgan fingerprint density at radius 1 is 1.14 bits per heavy atom. The Bertz CT molecular complexity index is 493. The van der Waals surface area contributed by atoms with Crippen molar-refractivity contribution in [1.29, 1.82) is 0 Å². The van der Waals surface area contributed by atoms with Crippen molar-refractivity contribution in [3.63, 3.8) is 0 Å². The first-order valence-corrected chi connectivity index (χ1v) is 7.57. The van der Waals surface area contributed by atoms with Gasteiger partial charge >= 0.3 is 0 Å². The molecule has 0 bridgehead atoms. The lowest BCUT2D eigenvalue weighted by Gasteiger charge is -2.36. The van der Waals surface area contributed by atoms with Crippen LogP contribution in [-0.2, 0) is 9.47 Å². The van der Waals surface area contributed by atoms with Crippen molar-refractivity contribution in [2.24, 2.45) is 0 Å². The zero-order valence-electron chi connectivity index (χ0n) is 12.2. The number of nitrogens with one attached hydrogen (secondary N) is 1. The quantitative estimate of drug-likeness (QED) is 0.928. The zero-order valence-corrected chi connectivity index (χ0v) is 12.2. The second-order valence-electron chi connectivity index (χ2n) is 5.94. The van der Waals surface area contributed by atoms with Gasteiger partial charge in [-0.15, -0.1) is 0 Å². The first-order valence-electron chi connectivity index (χ1n) is 7.57. The van der Waals surface area contributed by atoms with Crippen LogP contribution in [0.15, 0.2) is 18.2 Å². The van der Waals surface area contributed by atoms with Gasteiger partial charge in [-0.1, -0.05) is 6.07 Å². The van der Waals surface area contributed by atoms with E-state index in [2.05, 4.69) is 5.32 Å². The Labute approximate surface area is 123 Å². The monoisotopic (exact) mass is 297 g/mol. The van der Waals surface area contributed by atoms with E-state index >= 15 is 0 Å². The van der Waals surface area contributed by atoms with Gasteiger partial charge in [0.05, 0.1) is 13.2 Å². The van der Waals surface area contributed by atoms with E-state index in [1.165, 1.54) is 12.1 Å². The maximum atomic E-state index is 13.3. The minimum Gasteiger partial charge on any atom is -0.348 e. The van der Waals surface area contributed by atoms with E-state index in [1.807, 2.05) is 6.92 Å². The number of ether oxygens (including phenoxy) is 2. The maximum absolute atomic E-state index is 13.3. The van der Waals surface area contributed by atoms with Crippen molar-refractivity contribution in [3.05, 3.63) is 35.4 Å². The van der Waals surface area contributed by atoms with E-state index in [1.54, 1.807) is 6.07 Å². The summed E-state index contributed by atoms with van der Waals surface area (Å²) in [4.78, 5) is 0. The number of halogens is 2. The van der Waals surface area contributed by atoms with Crippen LogP contribution in [0.1, 0.15) is 44.2 Å². The van der Waals surface area contributed by atoms with Crippen LogP contribution in [-0.4, -0.2) is 25.0 Å². The highest BCUT2D eigenvalue weighted by molar-refractivity contribution is 5.21. The first-order chi connectivity index (χ1) is 10.1. The van der Waals surface area contributed by atoms with Crippen molar-refractivity contribution >= 4 is 0 Å². The van der Waals surface area contributed by atoms with Gasteiger partial charge in [0, 0.05) is 24.9 Å². The minimum absolute atomic E-state index is 0.00966. The lowest BCUT2D eigenvalue weighted by molar-refractivity contribution is -0.179. The fourth-order valence-corrected chi connectivity index (χ4v) is 3.24. The summed E-state index contributed by atoms with van der Waals surface area (Å²) in [7, 11) is 0. The predicted octanol–water partition coefficient (Wildman–Crippen LogP) is 3.30. The Morgan fingerprint density at radius 3 is 2.43 bits per heavy atom.